The van der Waals surface area contributed by atoms with E-state index in [4.69, 9.17) is 17.8 Å². The molecule has 0 atom stereocenters. The van der Waals surface area contributed by atoms with E-state index in [1.165, 1.54) is 100 Å². The summed E-state index contributed by atoms with van der Waals surface area (Å²) in [6.07, 6.45) is 0. The zero-order chi connectivity index (χ0) is 106. The van der Waals surface area contributed by atoms with Crippen molar-refractivity contribution in [2.75, 3.05) is 0 Å². The lowest BCUT2D eigenvalue weighted by Crippen LogP contribution is -2.23. The second-order valence-corrected chi connectivity index (χ2v) is 45.7. The molecule has 0 aliphatic rings. The molecule has 0 heterocycles. The maximum atomic E-state index is 8.51. The Kier molecular flexibility index (Phi) is 28.4. The summed E-state index contributed by atoms with van der Waals surface area (Å²) in [4.78, 5) is 0. The van der Waals surface area contributed by atoms with Crippen molar-refractivity contribution in [2.24, 2.45) is 0 Å². The molecule has 13 aromatic rings. The average molecular weight is 1700 g/mol. The molecule has 0 aliphatic carbocycles. The lowest BCUT2D eigenvalue weighted by Gasteiger charge is -2.32. The van der Waals surface area contributed by atoms with Crippen LogP contribution in [0.2, 0.25) is 0 Å². The molecule has 0 N–H and O–H groups in total. The molecule has 0 nitrogen and oxygen atoms in total. The fraction of sp³-hybridized carbons (Fsp3) is 0.386. The fourth-order valence-corrected chi connectivity index (χ4v) is 16.2. The van der Waals surface area contributed by atoms with E-state index in [1.54, 1.807) is 32.0 Å². The second kappa shape index (κ2) is 42.4. The van der Waals surface area contributed by atoms with Crippen LogP contribution >= 0.6 is 0 Å². The Hall–Kier alpha value is -10.1. The van der Waals surface area contributed by atoms with E-state index in [0.29, 0.717) is 22.3 Å². The first-order chi connectivity index (χ1) is 64.0. The standard InChI is InChI=1S/C23H24.C22H22.C21H28.C20H26.C18H30.C12H18.C11H16/c1-17-9-8-12-19(13-17)21-14-20(18-10-6-5-7-11-18)15-22(16-21)23(2,3)4;1-22(2,3)21-15-19(17-10-6-4-7-11-17)14-20(16-21)18-12-8-5-9-13-18;1-15-11-13-16(14-12-15)17-9-8-10-18(20(2,3)4)19(17)21(5,6)7;1-19(2,3)17-14-10-13-16(18(17)20(4,5)6)15-11-8-7-9-12-15;1-16(2,3)13-10-11-14(17(4,5)6)15(12-13)18(7,8)9;1-9-7-6-8-10(2)11(9)12(3,4)5;1-9-7-5-6-8-10(9)11(2,3)4/h5-16H,1-4H3;4-16H,1-3H3;8-14H,1-7H3;7-14H,1-6H3;10-12H,1-9H3;6-8H,1-5H3;5-8H,1-4H3/i5D,6D,7D,8D,9D,10D,11D,12D,13D;;11D,12D,13D,14D;;;;. The molecule has 0 spiro atoms. The van der Waals surface area contributed by atoms with Crippen LogP contribution in [-0.2, 0) is 59.6 Å². The molecule has 0 saturated carbocycles. The third-order valence-corrected chi connectivity index (χ3v) is 22.7. The van der Waals surface area contributed by atoms with Crippen molar-refractivity contribution in [3.8, 4) is 66.8 Å². The van der Waals surface area contributed by atoms with Crippen molar-refractivity contribution in [3.05, 3.63) is 392 Å². The number of aryl methyl sites for hydroxylation is 3. The Morgan fingerprint density at radius 3 is 0.866 bits per heavy atom. The van der Waals surface area contributed by atoms with Gasteiger partial charge in [-0.25, -0.2) is 0 Å². The van der Waals surface area contributed by atoms with Crippen LogP contribution < -0.4 is 0 Å². The number of rotatable bonds is 6. The molecule has 13 rings (SSSR count). The van der Waals surface area contributed by atoms with Crippen LogP contribution in [0.1, 0.15) is 335 Å². The van der Waals surface area contributed by atoms with Crippen LogP contribution in [0, 0.1) is 34.6 Å². The quantitative estimate of drug-likeness (QED) is 0.156. The average Bonchev–Trinajstić information content (AvgIpc) is 0.753. The van der Waals surface area contributed by atoms with Crippen molar-refractivity contribution >= 4 is 0 Å². The van der Waals surface area contributed by atoms with Gasteiger partial charge in [0.15, 0.2) is 0 Å². The van der Waals surface area contributed by atoms with Gasteiger partial charge in [0, 0.05) is 0 Å². The van der Waals surface area contributed by atoms with Crippen molar-refractivity contribution < 1.29 is 17.8 Å². The zero-order valence-corrected chi connectivity index (χ0v) is 85.4. The molecule has 13 aromatic carbocycles. The largest absolute Gasteiger partial charge is 0.0632 e. The van der Waals surface area contributed by atoms with E-state index in [0.717, 1.165) is 16.7 Å². The molecule has 0 unspecified atom stereocenters. The first kappa shape index (κ1) is 85.0. The first-order valence-electron chi connectivity index (χ1n) is 52.2. The lowest BCUT2D eigenvalue weighted by atomic mass is 9.72. The first-order valence-corrected chi connectivity index (χ1v) is 45.7. The summed E-state index contributed by atoms with van der Waals surface area (Å²) >= 11 is 0. The number of benzene rings is 13. The van der Waals surface area contributed by atoms with Gasteiger partial charge in [-0.3, -0.25) is 0 Å². The third-order valence-electron chi connectivity index (χ3n) is 22.7. The highest BCUT2D eigenvalue weighted by Gasteiger charge is 2.32. The summed E-state index contributed by atoms with van der Waals surface area (Å²) in [7, 11) is 0. The van der Waals surface area contributed by atoms with Gasteiger partial charge in [0.25, 0.3) is 0 Å². The minimum absolute atomic E-state index is 0.0333. The molecule has 0 saturated heterocycles. The minimum Gasteiger partial charge on any atom is -0.0622 e. The van der Waals surface area contributed by atoms with E-state index < -0.39 is 18.1 Å². The maximum absolute atomic E-state index is 8.51. The molecule has 127 heavy (non-hydrogen) atoms. The van der Waals surface area contributed by atoms with Gasteiger partial charge in [-0.15, -0.1) is 0 Å². The van der Waals surface area contributed by atoms with Crippen LogP contribution in [0.25, 0.3) is 66.8 Å². The van der Waals surface area contributed by atoms with Crippen LogP contribution in [0.5, 0.6) is 0 Å². The maximum Gasteiger partial charge on any atom is 0.0632 e. The van der Waals surface area contributed by atoms with E-state index in [-0.39, 0.29) is 137 Å². The predicted octanol–water partition coefficient (Wildman–Crippen LogP) is 37.6. The lowest BCUT2D eigenvalue weighted by molar-refractivity contribution is 0.523. The van der Waals surface area contributed by atoms with Gasteiger partial charge in [0.1, 0.15) is 0 Å². The highest BCUT2D eigenvalue weighted by atomic mass is 14.4. The van der Waals surface area contributed by atoms with Gasteiger partial charge in [0.05, 0.1) is 17.8 Å². The summed E-state index contributed by atoms with van der Waals surface area (Å²) in [6, 6.07) is 76.3. The van der Waals surface area contributed by atoms with Gasteiger partial charge in [-0.05, 0) is 251 Å². The Balaban J connectivity index is 0.000000227. The predicted molar refractivity (Wildman–Crippen MR) is 567 cm³/mol. The fourth-order valence-electron chi connectivity index (χ4n) is 16.2. The molecule has 0 aliphatic heterocycles. The van der Waals surface area contributed by atoms with Gasteiger partial charge in [-0.1, -0.05) is 530 Å². The number of hydrogen-bond donors (Lipinski definition) is 0. The van der Waals surface area contributed by atoms with Crippen LogP contribution in [-0.4, -0.2) is 0 Å². The van der Waals surface area contributed by atoms with Crippen molar-refractivity contribution in [2.45, 2.75) is 323 Å². The van der Waals surface area contributed by atoms with E-state index in [9.17, 15) is 0 Å². The molecule has 0 radical (unpaired) electrons. The van der Waals surface area contributed by atoms with E-state index >= 15 is 0 Å². The minimum atomic E-state index is -0.474. The molecule has 0 heteroatoms. The summed E-state index contributed by atoms with van der Waals surface area (Å²) in [5.41, 5.74) is 30.5. The molecule has 0 amide bonds. The monoisotopic (exact) mass is 1700 g/mol. The Morgan fingerprint density at radius 2 is 0.504 bits per heavy atom. The Bertz CT molecular complexity index is 6210. The highest BCUT2D eigenvalue weighted by Crippen LogP contribution is 2.45. The molecular formula is C127H164. The molecular weight excluding hydrogens is 1530 g/mol. The van der Waals surface area contributed by atoms with Crippen LogP contribution in [0.15, 0.2) is 303 Å². The van der Waals surface area contributed by atoms with E-state index in [2.05, 4.69) is 423 Å². The summed E-state index contributed by atoms with van der Waals surface area (Å²) < 4.78 is 107. The van der Waals surface area contributed by atoms with Gasteiger partial charge >= 0.3 is 0 Å². The van der Waals surface area contributed by atoms with Gasteiger partial charge < -0.3 is 0 Å². The third kappa shape index (κ3) is 30.5. The summed E-state index contributed by atoms with van der Waals surface area (Å²) in [6.45, 7) is 83.4. The van der Waals surface area contributed by atoms with Gasteiger partial charge in [0.2, 0.25) is 0 Å². The molecule has 0 bridgehead atoms. The molecule has 672 valence electrons. The normalized spacial score (nSPS) is 13.6. The van der Waals surface area contributed by atoms with Gasteiger partial charge in [-0.2, -0.15) is 0 Å². The Morgan fingerprint density at radius 1 is 0.173 bits per heavy atom. The van der Waals surface area contributed by atoms with E-state index in [1.807, 2.05) is 32.9 Å². The second-order valence-electron chi connectivity index (χ2n) is 45.7. The summed E-state index contributed by atoms with van der Waals surface area (Å²) in [5, 5.41) is 0. The van der Waals surface area contributed by atoms with Crippen LogP contribution in [0.4, 0.5) is 0 Å². The van der Waals surface area contributed by atoms with Crippen molar-refractivity contribution in [1.29, 1.82) is 0 Å². The van der Waals surface area contributed by atoms with Crippen molar-refractivity contribution in [3.63, 3.8) is 0 Å². The Labute approximate surface area is 794 Å². The van der Waals surface area contributed by atoms with Crippen LogP contribution in [0.3, 0.4) is 0 Å². The molecule has 0 aromatic heterocycles. The van der Waals surface area contributed by atoms with Crippen molar-refractivity contribution in [1.82, 2.24) is 0 Å². The SMILES string of the molecule is CC(C)(C)c1cc(-c2ccccc2)cc(-c2ccccc2)c1.CC(C)(C)c1ccc(C(C)(C)C)c(C(C)(C)C)c1.CC(C)(C)c1cccc(-c2ccccc2)c1C(C)(C)C.Cc1cccc(C)c1C(C)(C)C.Cc1ccccc1C(C)(C)C.[2H]c1c([2H])c(-c2cccc(C(C)(C)C)c2C(C)(C)C)c([2H])c([2H])c1C.[2H]c1c([2H])c([2H])c(-c2cc(-c3c([2H])c([2H])c([2H])c(C)c3[2H])cc(C(C)(C)C)c2)c([2H])c1[2H]. The topological polar surface area (TPSA) is 0 Å². The zero-order valence-electron chi connectivity index (χ0n) is 98.4. The smallest absolute Gasteiger partial charge is 0.0622 e. The molecule has 0 fully saturated rings. The summed E-state index contributed by atoms with van der Waals surface area (Å²) in [5.74, 6) is 0. The highest BCUT2D eigenvalue weighted by molar-refractivity contribution is 5.77. The number of hydrogen-bond acceptors (Lipinski definition) is 0.